The minimum atomic E-state index is -0.348. The molecule has 4 rings (SSSR count). The highest BCUT2D eigenvalue weighted by Crippen LogP contribution is 2.25. The Morgan fingerprint density at radius 1 is 1.19 bits per heavy atom. The van der Waals surface area contributed by atoms with Crippen molar-refractivity contribution in [1.82, 2.24) is 9.78 Å². The van der Waals surface area contributed by atoms with Crippen LogP contribution in [0.5, 0.6) is 0 Å². The van der Waals surface area contributed by atoms with Crippen LogP contribution >= 0.6 is 0 Å². The summed E-state index contributed by atoms with van der Waals surface area (Å²) in [4.78, 5) is 4.37. The van der Waals surface area contributed by atoms with Crippen molar-refractivity contribution in [3.63, 3.8) is 0 Å². The van der Waals surface area contributed by atoms with Crippen LogP contribution in [0.15, 0.2) is 47.5 Å². The summed E-state index contributed by atoms with van der Waals surface area (Å²) in [5, 5.41) is 17.1. The van der Waals surface area contributed by atoms with E-state index in [1.165, 1.54) is 34.4 Å². The summed E-state index contributed by atoms with van der Waals surface area (Å²) in [6.45, 7) is 0.484. The second-order valence-electron chi connectivity index (χ2n) is 7.54. The van der Waals surface area contributed by atoms with Gasteiger partial charge in [0.2, 0.25) is 0 Å². The topological polar surface area (TPSA) is 118 Å². The number of nitrogens with one attached hydrogen (secondary N) is 1. The van der Waals surface area contributed by atoms with E-state index in [1.807, 2.05) is 6.07 Å². The van der Waals surface area contributed by atoms with Crippen molar-refractivity contribution < 1.29 is 4.39 Å². The van der Waals surface area contributed by atoms with E-state index in [1.54, 1.807) is 12.1 Å². The standard InChI is InChI=1S/C23H24FN7/c24-17-7-10-19(11-8-17)31-22(26)20(14-25)21(30-31)5-2-12-28-23(27)29-18-9-6-15-3-1-4-16(15)13-18/h6-11,13H,1-5,12,26H2,(H3,27,28,29). The SMILES string of the molecule is N#Cc1c(CCCN=C(N)Nc2ccc3c(c2)CCC3)nn(-c2ccc(F)cc2)c1N. The minimum absolute atomic E-state index is 0.241. The van der Waals surface area contributed by atoms with Crippen molar-refractivity contribution in [1.29, 1.82) is 5.26 Å². The maximum Gasteiger partial charge on any atom is 0.193 e. The van der Waals surface area contributed by atoms with Crippen LogP contribution < -0.4 is 16.8 Å². The summed E-state index contributed by atoms with van der Waals surface area (Å²) in [6, 6.07) is 14.2. The van der Waals surface area contributed by atoms with Gasteiger partial charge in [0.25, 0.3) is 0 Å². The predicted molar refractivity (Wildman–Crippen MR) is 120 cm³/mol. The van der Waals surface area contributed by atoms with Gasteiger partial charge in [-0.3, -0.25) is 4.99 Å². The molecule has 2 aromatic carbocycles. The van der Waals surface area contributed by atoms with Crippen molar-refractivity contribution in [3.05, 3.63) is 70.7 Å². The molecule has 0 bridgehead atoms. The molecule has 158 valence electrons. The van der Waals surface area contributed by atoms with Gasteiger partial charge in [0.15, 0.2) is 5.96 Å². The third-order valence-electron chi connectivity index (χ3n) is 5.40. The number of hydrogen-bond donors (Lipinski definition) is 3. The van der Waals surface area contributed by atoms with Gasteiger partial charge in [-0.15, -0.1) is 0 Å². The molecule has 0 atom stereocenters. The van der Waals surface area contributed by atoms with E-state index in [9.17, 15) is 9.65 Å². The lowest BCUT2D eigenvalue weighted by Crippen LogP contribution is -2.23. The number of aliphatic imine (C=N–C) groups is 1. The molecule has 0 spiro atoms. The largest absolute Gasteiger partial charge is 0.382 e. The Kier molecular flexibility index (Phi) is 5.85. The van der Waals surface area contributed by atoms with Crippen molar-refractivity contribution in [3.8, 4) is 11.8 Å². The first kappa shape index (κ1) is 20.4. The lowest BCUT2D eigenvalue weighted by Gasteiger charge is -2.08. The molecule has 0 amide bonds. The molecule has 8 heteroatoms. The number of nitriles is 1. The zero-order valence-corrected chi connectivity index (χ0v) is 17.1. The third-order valence-corrected chi connectivity index (χ3v) is 5.40. The fourth-order valence-corrected chi connectivity index (χ4v) is 3.84. The van der Waals surface area contributed by atoms with E-state index in [0.717, 1.165) is 18.5 Å². The zero-order valence-electron chi connectivity index (χ0n) is 17.1. The number of nitrogen functional groups attached to an aromatic ring is 1. The molecule has 1 aromatic heterocycles. The second kappa shape index (κ2) is 8.88. The Labute approximate surface area is 180 Å². The van der Waals surface area contributed by atoms with Crippen molar-refractivity contribution in [2.24, 2.45) is 10.7 Å². The number of aryl methyl sites for hydroxylation is 3. The molecule has 0 saturated heterocycles. The molecule has 0 radical (unpaired) electrons. The van der Waals surface area contributed by atoms with Crippen LogP contribution in [0, 0.1) is 17.1 Å². The Bertz CT molecular complexity index is 1160. The molecular formula is C23H24FN7. The third kappa shape index (κ3) is 4.51. The van der Waals surface area contributed by atoms with Gasteiger partial charge in [-0.25, -0.2) is 9.07 Å². The Morgan fingerprint density at radius 2 is 1.97 bits per heavy atom. The van der Waals surface area contributed by atoms with E-state index in [0.29, 0.717) is 42.3 Å². The summed E-state index contributed by atoms with van der Waals surface area (Å²) < 4.78 is 14.6. The van der Waals surface area contributed by atoms with E-state index >= 15 is 0 Å². The fourth-order valence-electron chi connectivity index (χ4n) is 3.84. The van der Waals surface area contributed by atoms with E-state index in [2.05, 4.69) is 33.6 Å². The lowest BCUT2D eigenvalue weighted by atomic mass is 10.1. The Hall–Kier alpha value is -3.86. The first-order valence-corrected chi connectivity index (χ1v) is 10.3. The highest BCUT2D eigenvalue weighted by atomic mass is 19.1. The molecule has 5 N–H and O–H groups in total. The number of benzene rings is 2. The number of hydrogen-bond acceptors (Lipinski definition) is 4. The molecule has 1 aliphatic rings. The van der Waals surface area contributed by atoms with Crippen LogP contribution in [-0.2, 0) is 19.3 Å². The number of fused-ring (bicyclic) bond motifs is 1. The molecule has 0 aliphatic heterocycles. The number of halogens is 1. The molecule has 31 heavy (non-hydrogen) atoms. The molecule has 3 aromatic rings. The highest BCUT2D eigenvalue weighted by molar-refractivity contribution is 5.92. The normalized spacial score (nSPS) is 13.1. The van der Waals surface area contributed by atoms with Gasteiger partial charge < -0.3 is 16.8 Å². The fraction of sp³-hybridized carbons (Fsp3) is 0.261. The number of nitrogens with zero attached hydrogens (tertiary/aromatic N) is 4. The Balaban J connectivity index is 1.37. The molecule has 1 heterocycles. The molecule has 0 unspecified atom stereocenters. The van der Waals surface area contributed by atoms with E-state index in [4.69, 9.17) is 11.5 Å². The van der Waals surface area contributed by atoms with E-state index < -0.39 is 0 Å². The van der Waals surface area contributed by atoms with Crippen LogP contribution in [0.4, 0.5) is 15.9 Å². The van der Waals surface area contributed by atoms with Crippen LogP contribution in [0.2, 0.25) is 0 Å². The predicted octanol–water partition coefficient (Wildman–Crippen LogP) is 3.31. The number of rotatable bonds is 6. The van der Waals surface area contributed by atoms with Crippen molar-refractivity contribution in [2.75, 3.05) is 17.6 Å². The summed E-state index contributed by atoms with van der Waals surface area (Å²) >= 11 is 0. The summed E-state index contributed by atoms with van der Waals surface area (Å²) in [6.07, 6.45) is 4.63. The summed E-state index contributed by atoms with van der Waals surface area (Å²) in [7, 11) is 0. The summed E-state index contributed by atoms with van der Waals surface area (Å²) in [5.74, 6) is 0.249. The molecular weight excluding hydrogens is 393 g/mol. The molecule has 0 saturated carbocycles. The number of nitrogens with two attached hydrogens (primary N) is 2. The maximum absolute atomic E-state index is 13.2. The minimum Gasteiger partial charge on any atom is -0.382 e. The number of aromatic nitrogens is 2. The monoisotopic (exact) mass is 417 g/mol. The summed E-state index contributed by atoms with van der Waals surface area (Å²) in [5.41, 5.74) is 17.4. The van der Waals surface area contributed by atoms with Crippen molar-refractivity contribution >= 4 is 17.5 Å². The van der Waals surface area contributed by atoms with Gasteiger partial charge in [-0.2, -0.15) is 10.4 Å². The second-order valence-corrected chi connectivity index (χ2v) is 7.54. The van der Waals surface area contributed by atoms with Crippen LogP contribution in [0.1, 0.15) is 35.2 Å². The Morgan fingerprint density at radius 3 is 2.74 bits per heavy atom. The van der Waals surface area contributed by atoms with Crippen LogP contribution in [0.3, 0.4) is 0 Å². The van der Waals surface area contributed by atoms with Gasteiger partial charge in [0, 0.05) is 12.2 Å². The maximum atomic E-state index is 13.2. The van der Waals surface area contributed by atoms with Gasteiger partial charge >= 0.3 is 0 Å². The molecule has 0 fully saturated rings. The van der Waals surface area contributed by atoms with Gasteiger partial charge in [0.1, 0.15) is 23.3 Å². The highest BCUT2D eigenvalue weighted by Gasteiger charge is 2.16. The smallest absolute Gasteiger partial charge is 0.193 e. The van der Waals surface area contributed by atoms with Crippen LogP contribution in [-0.4, -0.2) is 22.3 Å². The average Bonchev–Trinajstić information content (AvgIpc) is 3.35. The van der Waals surface area contributed by atoms with E-state index in [-0.39, 0.29) is 11.6 Å². The lowest BCUT2D eigenvalue weighted by molar-refractivity contribution is 0.627. The van der Waals surface area contributed by atoms with Crippen LogP contribution in [0.25, 0.3) is 5.69 Å². The van der Waals surface area contributed by atoms with Gasteiger partial charge in [0.05, 0.1) is 11.4 Å². The van der Waals surface area contributed by atoms with Gasteiger partial charge in [-0.1, -0.05) is 6.07 Å². The van der Waals surface area contributed by atoms with Gasteiger partial charge in [-0.05, 0) is 79.6 Å². The number of guanidine groups is 1. The first-order chi connectivity index (χ1) is 15.0. The van der Waals surface area contributed by atoms with Crippen molar-refractivity contribution in [2.45, 2.75) is 32.1 Å². The molecule has 1 aliphatic carbocycles. The zero-order chi connectivity index (χ0) is 21.8. The quantitative estimate of drug-likeness (QED) is 0.323. The average molecular weight is 417 g/mol. The number of anilines is 2. The molecule has 7 nitrogen and oxygen atoms in total. The first-order valence-electron chi connectivity index (χ1n) is 10.3.